The molecule has 2 aliphatic rings. The van der Waals surface area contributed by atoms with Gasteiger partial charge in [-0.05, 0) is 108 Å². The van der Waals surface area contributed by atoms with Crippen LogP contribution < -0.4 is 0 Å². The summed E-state index contributed by atoms with van der Waals surface area (Å²) in [6.07, 6.45) is 13.2. The lowest BCUT2D eigenvalue weighted by Crippen LogP contribution is -2.62. The Kier molecular flexibility index (Phi) is 10.5. The predicted molar refractivity (Wildman–Crippen MR) is 151 cm³/mol. The van der Waals surface area contributed by atoms with Crippen LogP contribution in [0.25, 0.3) is 0 Å². The van der Waals surface area contributed by atoms with E-state index in [0.29, 0.717) is 12.1 Å². The maximum Gasteiger partial charge on any atom is 0.209 e. The predicted octanol–water partition coefficient (Wildman–Crippen LogP) is 5.55. The van der Waals surface area contributed by atoms with Crippen LogP contribution >= 0.6 is 0 Å². The fourth-order valence-corrected chi connectivity index (χ4v) is 7.04. The third kappa shape index (κ3) is 7.69. The van der Waals surface area contributed by atoms with Gasteiger partial charge in [0.05, 0.1) is 0 Å². The van der Waals surface area contributed by atoms with E-state index >= 15 is 0 Å². The zero-order chi connectivity index (χ0) is 27.4. The van der Waals surface area contributed by atoms with Gasteiger partial charge in [-0.1, -0.05) is 25.7 Å². The molecular formula is C30H58N4O2. The largest absolute Gasteiger partial charge is 0.342 e. The summed E-state index contributed by atoms with van der Waals surface area (Å²) in [5.74, 6) is 0. The smallest absolute Gasteiger partial charge is 0.209 e. The van der Waals surface area contributed by atoms with E-state index in [4.69, 9.17) is 0 Å². The van der Waals surface area contributed by atoms with Crippen LogP contribution in [-0.4, -0.2) is 93.8 Å². The number of nitrogens with zero attached hydrogens (tertiary/aromatic N) is 4. The van der Waals surface area contributed by atoms with Crippen molar-refractivity contribution in [1.29, 1.82) is 0 Å². The molecule has 36 heavy (non-hydrogen) atoms. The lowest BCUT2D eigenvalue weighted by molar-refractivity contribution is -0.126. The molecule has 2 aliphatic heterocycles. The van der Waals surface area contributed by atoms with Crippen LogP contribution in [-0.2, 0) is 9.59 Å². The van der Waals surface area contributed by atoms with Gasteiger partial charge in [-0.15, -0.1) is 0 Å². The molecule has 0 unspecified atom stereocenters. The van der Waals surface area contributed by atoms with E-state index in [-0.39, 0.29) is 22.2 Å². The molecule has 0 aromatic rings. The van der Waals surface area contributed by atoms with Crippen LogP contribution in [0.15, 0.2) is 0 Å². The lowest BCUT2D eigenvalue weighted by Gasteiger charge is -2.55. The Morgan fingerprint density at radius 2 is 0.806 bits per heavy atom. The van der Waals surface area contributed by atoms with E-state index in [9.17, 15) is 9.59 Å². The molecule has 0 spiro atoms. The average molecular weight is 507 g/mol. The van der Waals surface area contributed by atoms with Gasteiger partial charge in [-0.25, -0.2) is 0 Å². The summed E-state index contributed by atoms with van der Waals surface area (Å²) >= 11 is 0. The fourth-order valence-electron chi connectivity index (χ4n) is 7.04. The highest BCUT2D eigenvalue weighted by atomic mass is 16.1. The number of amides is 2. The van der Waals surface area contributed by atoms with Gasteiger partial charge >= 0.3 is 0 Å². The molecule has 0 bridgehead atoms. The standard InChI is InChI=1S/C30H58N4O2/c1-27(2)19-25(20-28(3,4)31(27)9)33(23-35)17-15-13-11-12-14-16-18-34(24-36)26-21-29(5,6)32(10)30(7,8)22-26/h23-26H,11-22H2,1-10H3. The number of carbonyl (C=O) groups is 2. The maximum absolute atomic E-state index is 11.9. The second-order valence-corrected chi connectivity index (χ2v) is 14.3. The second kappa shape index (κ2) is 12.1. The van der Waals surface area contributed by atoms with E-state index in [2.05, 4.69) is 89.1 Å². The Labute approximate surface area is 223 Å². The molecule has 210 valence electrons. The summed E-state index contributed by atoms with van der Waals surface area (Å²) in [6, 6.07) is 0.653. The summed E-state index contributed by atoms with van der Waals surface area (Å²) in [7, 11) is 4.43. The quantitative estimate of drug-likeness (QED) is 0.243. The highest BCUT2D eigenvalue weighted by Gasteiger charge is 2.45. The second-order valence-electron chi connectivity index (χ2n) is 14.3. The van der Waals surface area contributed by atoms with E-state index in [1.165, 1.54) is 25.7 Å². The van der Waals surface area contributed by atoms with Crippen LogP contribution in [0.3, 0.4) is 0 Å². The summed E-state index contributed by atoms with van der Waals surface area (Å²) < 4.78 is 0. The molecule has 0 saturated carbocycles. The molecule has 2 heterocycles. The van der Waals surface area contributed by atoms with E-state index in [1.54, 1.807) is 0 Å². The minimum atomic E-state index is 0.0993. The first kappa shape index (κ1) is 31.1. The van der Waals surface area contributed by atoms with E-state index in [1.807, 2.05) is 0 Å². The molecule has 0 atom stereocenters. The van der Waals surface area contributed by atoms with Crippen molar-refractivity contribution in [3.63, 3.8) is 0 Å². The molecule has 0 radical (unpaired) electrons. The molecule has 6 heteroatoms. The van der Waals surface area contributed by atoms with Gasteiger partial charge in [0.1, 0.15) is 0 Å². The topological polar surface area (TPSA) is 47.1 Å². The molecule has 2 fully saturated rings. The number of unbranched alkanes of at least 4 members (excludes halogenated alkanes) is 5. The zero-order valence-electron chi connectivity index (χ0n) is 25.4. The lowest BCUT2D eigenvalue weighted by atomic mass is 9.77. The Morgan fingerprint density at radius 1 is 0.556 bits per heavy atom. The van der Waals surface area contributed by atoms with Gasteiger partial charge < -0.3 is 9.80 Å². The van der Waals surface area contributed by atoms with Crippen LogP contribution in [0, 0.1) is 0 Å². The third-order valence-electron chi connectivity index (χ3n) is 9.86. The number of hydrogen-bond donors (Lipinski definition) is 0. The maximum atomic E-state index is 11.9. The zero-order valence-corrected chi connectivity index (χ0v) is 25.4. The molecular weight excluding hydrogens is 448 g/mol. The van der Waals surface area contributed by atoms with Gasteiger partial charge in [0.25, 0.3) is 0 Å². The Hall–Kier alpha value is -1.14. The molecule has 2 rings (SSSR count). The summed E-state index contributed by atoms with van der Waals surface area (Å²) in [6.45, 7) is 20.1. The van der Waals surface area contributed by atoms with Crippen LogP contribution in [0.5, 0.6) is 0 Å². The van der Waals surface area contributed by atoms with E-state index < -0.39 is 0 Å². The summed E-state index contributed by atoms with van der Waals surface area (Å²) in [5, 5.41) is 0. The van der Waals surface area contributed by atoms with E-state index in [0.717, 1.165) is 64.4 Å². The molecule has 0 N–H and O–H groups in total. The highest BCUT2D eigenvalue weighted by Crippen LogP contribution is 2.39. The Balaban J connectivity index is 1.68. The number of rotatable bonds is 13. The van der Waals surface area contributed by atoms with Crippen molar-refractivity contribution in [2.75, 3.05) is 27.2 Å². The van der Waals surface area contributed by atoms with Crippen LogP contribution in [0.1, 0.15) is 120 Å². The van der Waals surface area contributed by atoms with Gasteiger partial charge in [0.15, 0.2) is 0 Å². The summed E-state index contributed by atoms with van der Waals surface area (Å²) in [4.78, 5) is 32.9. The van der Waals surface area contributed by atoms with Crippen molar-refractivity contribution in [2.24, 2.45) is 0 Å². The molecule has 6 nitrogen and oxygen atoms in total. The molecule has 2 amide bonds. The van der Waals surface area contributed by atoms with Crippen molar-refractivity contribution in [1.82, 2.24) is 19.6 Å². The average Bonchev–Trinajstić information content (AvgIpc) is 2.76. The van der Waals surface area contributed by atoms with Crippen molar-refractivity contribution >= 4 is 12.8 Å². The van der Waals surface area contributed by atoms with Gasteiger partial charge in [-0.2, -0.15) is 0 Å². The molecule has 0 aromatic heterocycles. The monoisotopic (exact) mass is 506 g/mol. The van der Waals surface area contributed by atoms with Gasteiger partial charge in [0.2, 0.25) is 12.8 Å². The van der Waals surface area contributed by atoms with Crippen LogP contribution in [0.4, 0.5) is 0 Å². The SMILES string of the molecule is CN1C(C)(C)CC(N(C=O)CCCCCCCCN(C=O)C2CC(C)(C)N(C)C(C)(C)C2)CC1(C)C. The molecule has 0 aromatic carbocycles. The van der Waals surface area contributed by atoms with Gasteiger partial charge in [0, 0.05) is 47.3 Å². The molecule has 0 aliphatic carbocycles. The highest BCUT2D eigenvalue weighted by molar-refractivity contribution is 5.48. The Morgan fingerprint density at radius 3 is 1.06 bits per heavy atom. The summed E-state index contributed by atoms with van der Waals surface area (Å²) in [5.41, 5.74) is 0.397. The first-order chi connectivity index (χ1) is 16.6. The van der Waals surface area contributed by atoms with Crippen LogP contribution in [0.2, 0.25) is 0 Å². The minimum Gasteiger partial charge on any atom is -0.342 e. The van der Waals surface area contributed by atoms with Gasteiger partial charge in [-0.3, -0.25) is 19.4 Å². The van der Waals surface area contributed by atoms with Crippen molar-refractivity contribution in [3.05, 3.63) is 0 Å². The number of piperidine rings is 2. The molecule has 2 saturated heterocycles. The third-order valence-corrected chi connectivity index (χ3v) is 9.86. The number of likely N-dealkylation sites (tertiary alicyclic amines) is 2. The number of hydrogen-bond acceptors (Lipinski definition) is 4. The number of carbonyl (C=O) groups excluding carboxylic acids is 2. The normalized spacial score (nSPS) is 24.4. The van der Waals surface area contributed by atoms with Crippen molar-refractivity contribution in [2.45, 2.75) is 154 Å². The first-order valence-corrected chi connectivity index (χ1v) is 14.5. The fraction of sp³-hybridized carbons (Fsp3) is 0.933. The first-order valence-electron chi connectivity index (χ1n) is 14.5. The van der Waals surface area contributed by atoms with Crippen molar-refractivity contribution in [3.8, 4) is 0 Å². The Bertz CT molecular complexity index is 622. The minimum absolute atomic E-state index is 0.0993. The van der Waals surface area contributed by atoms with Crippen molar-refractivity contribution < 1.29 is 9.59 Å².